The number of fused-ring (bicyclic) bond motifs is 1. The number of aromatic nitrogens is 3. The van der Waals surface area contributed by atoms with Gasteiger partial charge in [-0.25, -0.2) is 9.97 Å². The van der Waals surface area contributed by atoms with E-state index in [1.54, 1.807) is 0 Å². The standard InChI is InChI=1S/C18H27N5/c1-2-22-10-4-5-15(22)13-23-17(11-14-7-9-19-12-14)21-16-6-3-8-20-18(16)23/h3,6,8,14-15,19H,2,4-5,7,9-13H2,1H3. The number of hydrogen-bond donors (Lipinski definition) is 1. The van der Waals surface area contributed by atoms with Crippen molar-refractivity contribution in [3.63, 3.8) is 0 Å². The predicted octanol–water partition coefficient (Wildman–Crippen LogP) is 2.07. The summed E-state index contributed by atoms with van der Waals surface area (Å²) in [5.74, 6) is 1.95. The van der Waals surface area contributed by atoms with Gasteiger partial charge in [-0.05, 0) is 63.5 Å². The summed E-state index contributed by atoms with van der Waals surface area (Å²) < 4.78 is 2.41. The third-order valence-corrected chi connectivity index (χ3v) is 5.52. The van der Waals surface area contributed by atoms with Gasteiger partial charge < -0.3 is 9.88 Å². The molecule has 2 saturated heterocycles. The molecule has 0 spiro atoms. The zero-order valence-corrected chi connectivity index (χ0v) is 14.0. The van der Waals surface area contributed by atoms with E-state index in [1.807, 2.05) is 12.3 Å². The fraction of sp³-hybridized carbons (Fsp3) is 0.667. The SMILES string of the molecule is CCN1CCCC1Cn1c(CC2CCNC2)nc2cccnc21. The second kappa shape index (κ2) is 6.57. The van der Waals surface area contributed by atoms with Gasteiger partial charge in [0.25, 0.3) is 0 Å². The zero-order chi connectivity index (χ0) is 15.6. The van der Waals surface area contributed by atoms with Crippen molar-refractivity contribution in [3.05, 3.63) is 24.2 Å². The van der Waals surface area contributed by atoms with Crippen molar-refractivity contribution >= 4 is 11.2 Å². The summed E-state index contributed by atoms with van der Waals surface area (Å²) in [6, 6.07) is 4.73. The molecular formula is C18H27N5. The minimum atomic E-state index is 0.639. The largest absolute Gasteiger partial charge is 0.316 e. The smallest absolute Gasteiger partial charge is 0.160 e. The van der Waals surface area contributed by atoms with E-state index < -0.39 is 0 Å². The highest BCUT2D eigenvalue weighted by Crippen LogP contribution is 2.24. The molecule has 23 heavy (non-hydrogen) atoms. The van der Waals surface area contributed by atoms with Crippen LogP contribution >= 0.6 is 0 Å². The van der Waals surface area contributed by atoms with E-state index in [1.165, 1.54) is 31.6 Å². The van der Waals surface area contributed by atoms with E-state index in [2.05, 4.69) is 32.8 Å². The lowest BCUT2D eigenvalue weighted by Gasteiger charge is -2.24. The Morgan fingerprint density at radius 2 is 2.30 bits per heavy atom. The normalized spacial score (nSPS) is 25.6. The van der Waals surface area contributed by atoms with Gasteiger partial charge in [0, 0.05) is 25.2 Å². The van der Waals surface area contributed by atoms with Gasteiger partial charge in [-0.2, -0.15) is 0 Å². The average molecular weight is 313 g/mol. The van der Waals surface area contributed by atoms with Crippen molar-refractivity contribution in [1.29, 1.82) is 0 Å². The van der Waals surface area contributed by atoms with Gasteiger partial charge in [0.15, 0.2) is 5.65 Å². The second-order valence-electron chi connectivity index (χ2n) is 6.97. The van der Waals surface area contributed by atoms with Crippen LogP contribution in [-0.4, -0.2) is 51.7 Å². The molecule has 2 aromatic heterocycles. The summed E-state index contributed by atoms with van der Waals surface area (Å²) in [5.41, 5.74) is 2.12. The molecule has 0 bridgehead atoms. The Morgan fingerprint density at radius 1 is 1.35 bits per heavy atom. The summed E-state index contributed by atoms with van der Waals surface area (Å²) in [7, 11) is 0. The average Bonchev–Trinajstić information content (AvgIpc) is 3.29. The number of nitrogens with zero attached hydrogens (tertiary/aromatic N) is 4. The molecule has 0 radical (unpaired) electrons. The summed E-state index contributed by atoms with van der Waals surface area (Å²) in [5, 5.41) is 3.47. The van der Waals surface area contributed by atoms with Crippen molar-refractivity contribution in [2.75, 3.05) is 26.2 Å². The van der Waals surface area contributed by atoms with Crippen LogP contribution in [0.2, 0.25) is 0 Å². The summed E-state index contributed by atoms with van der Waals surface area (Å²) >= 11 is 0. The maximum absolute atomic E-state index is 4.92. The molecule has 5 nitrogen and oxygen atoms in total. The van der Waals surface area contributed by atoms with Crippen molar-refractivity contribution < 1.29 is 0 Å². The van der Waals surface area contributed by atoms with Gasteiger partial charge in [-0.15, -0.1) is 0 Å². The summed E-state index contributed by atoms with van der Waals surface area (Å²) in [6.45, 7) is 7.97. The lowest BCUT2D eigenvalue weighted by molar-refractivity contribution is 0.243. The number of pyridine rings is 1. The molecule has 4 heterocycles. The van der Waals surface area contributed by atoms with Gasteiger partial charge in [-0.1, -0.05) is 6.92 Å². The highest BCUT2D eigenvalue weighted by Gasteiger charge is 2.26. The first kappa shape index (κ1) is 15.1. The third-order valence-electron chi connectivity index (χ3n) is 5.52. The molecule has 2 aromatic rings. The van der Waals surface area contributed by atoms with Gasteiger partial charge in [-0.3, -0.25) is 4.90 Å². The molecule has 5 heteroatoms. The number of nitrogens with one attached hydrogen (secondary N) is 1. The quantitative estimate of drug-likeness (QED) is 0.918. The number of likely N-dealkylation sites (tertiary alicyclic amines) is 1. The van der Waals surface area contributed by atoms with E-state index >= 15 is 0 Å². The predicted molar refractivity (Wildman–Crippen MR) is 92.5 cm³/mol. The van der Waals surface area contributed by atoms with Crippen molar-refractivity contribution in [1.82, 2.24) is 24.8 Å². The highest BCUT2D eigenvalue weighted by atomic mass is 15.2. The maximum Gasteiger partial charge on any atom is 0.160 e. The molecule has 0 aromatic carbocycles. The molecule has 1 N–H and O–H groups in total. The van der Waals surface area contributed by atoms with Crippen LogP contribution < -0.4 is 5.32 Å². The van der Waals surface area contributed by atoms with Crippen LogP contribution in [0.25, 0.3) is 11.2 Å². The molecule has 2 aliphatic heterocycles. The van der Waals surface area contributed by atoms with Crippen LogP contribution in [-0.2, 0) is 13.0 Å². The molecule has 124 valence electrons. The molecule has 0 saturated carbocycles. The molecule has 2 aliphatic rings. The molecule has 0 aliphatic carbocycles. The zero-order valence-electron chi connectivity index (χ0n) is 14.0. The summed E-state index contributed by atoms with van der Waals surface area (Å²) in [4.78, 5) is 12.2. The third kappa shape index (κ3) is 3.00. The lowest BCUT2D eigenvalue weighted by atomic mass is 10.0. The Labute approximate surface area is 138 Å². The Kier molecular flexibility index (Phi) is 4.31. The van der Waals surface area contributed by atoms with E-state index in [0.717, 1.165) is 49.7 Å². The van der Waals surface area contributed by atoms with Crippen LogP contribution in [0.5, 0.6) is 0 Å². The fourth-order valence-electron chi connectivity index (χ4n) is 4.23. The monoisotopic (exact) mass is 313 g/mol. The highest BCUT2D eigenvalue weighted by molar-refractivity contribution is 5.71. The number of likely N-dealkylation sites (N-methyl/N-ethyl adjacent to an activating group) is 1. The maximum atomic E-state index is 4.92. The Morgan fingerprint density at radius 3 is 3.13 bits per heavy atom. The van der Waals surface area contributed by atoms with E-state index in [-0.39, 0.29) is 0 Å². The van der Waals surface area contributed by atoms with Crippen molar-refractivity contribution in [2.45, 2.75) is 45.2 Å². The Bertz CT molecular complexity index is 658. The molecule has 2 unspecified atom stereocenters. The topological polar surface area (TPSA) is 46.0 Å². The first-order chi connectivity index (χ1) is 11.3. The van der Waals surface area contributed by atoms with E-state index in [9.17, 15) is 0 Å². The molecule has 2 atom stereocenters. The van der Waals surface area contributed by atoms with Gasteiger partial charge in [0.2, 0.25) is 0 Å². The van der Waals surface area contributed by atoms with Gasteiger partial charge in [0.05, 0.1) is 0 Å². The van der Waals surface area contributed by atoms with Gasteiger partial charge >= 0.3 is 0 Å². The van der Waals surface area contributed by atoms with Crippen LogP contribution in [0.4, 0.5) is 0 Å². The van der Waals surface area contributed by atoms with Crippen LogP contribution in [0.15, 0.2) is 18.3 Å². The fourth-order valence-corrected chi connectivity index (χ4v) is 4.23. The molecule has 4 rings (SSSR count). The van der Waals surface area contributed by atoms with Crippen molar-refractivity contribution in [3.8, 4) is 0 Å². The molecule has 2 fully saturated rings. The molecule has 0 amide bonds. The number of rotatable bonds is 5. The Hall–Kier alpha value is -1.46. The van der Waals surface area contributed by atoms with Crippen LogP contribution in [0.1, 0.15) is 32.0 Å². The molecular weight excluding hydrogens is 286 g/mol. The number of hydrogen-bond acceptors (Lipinski definition) is 4. The van der Waals surface area contributed by atoms with Crippen LogP contribution in [0.3, 0.4) is 0 Å². The van der Waals surface area contributed by atoms with Crippen LogP contribution in [0, 0.1) is 5.92 Å². The first-order valence-corrected chi connectivity index (χ1v) is 9.10. The van der Waals surface area contributed by atoms with Gasteiger partial charge in [0.1, 0.15) is 11.3 Å². The summed E-state index contributed by atoms with van der Waals surface area (Å²) in [6.07, 6.45) is 6.85. The first-order valence-electron chi connectivity index (χ1n) is 9.10. The minimum Gasteiger partial charge on any atom is -0.316 e. The van der Waals surface area contributed by atoms with E-state index in [4.69, 9.17) is 4.98 Å². The van der Waals surface area contributed by atoms with Crippen molar-refractivity contribution in [2.24, 2.45) is 5.92 Å². The minimum absolute atomic E-state index is 0.639. The second-order valence-corrected chi connectivity index (χ2v) is 6.97. The Balaban J connectivity index is 1.64. The lowest BCUT2D eigenvalue weighted by Crippen LogP contribution is -2.33. The van der Waals surface area contributed by atoms with E-state index in [0.29, 0.717) is 6.04 Å². The number of imidazole rings is 1.